The second-order valence-corrected chi connectivity index (χ2v) is 5.23. The van der Waals surface area contributed by atoms with E-state index >= 15 is 0 Å². The van der Waals surface area contributed by atoms with Crippen molar-refractivity contribution in [3.8, 4) is 0 Å². The summed E-state index contributed by atoms with van der Waals surface area (Å²) < 4.78 is 5.54. The minimum absolute atomic E-state index is 0.406. The summed E-state index contributed by atoms with van der Waals surface area (Å²) in [6.45, 7) is 5.59. The van der Waals surface area contributed by atoms with Crippen LogP contribution in [0.5, 0.6) is 0 Å². The van der Waals surface area contributed by atoms with Crippen molar-refractivity contribution in [3.63, 3.8) is 0 Å². The van der Waals surface area contributed by atoms with Gasteiger partial charge in [-0.2, -0.15) is 0 Å². The Bertz CT molecular complexity index is 169. The molecule has 0 spiro atoms. The molecule has 0 aromatic carbocycles. The lowest BCUT2D eigenvalue weighted by Crippen LogP contribution is -2.47. The summed E-state index contributed by atoms with van der Waals surface area (Å²) in [5.74, 6) is 0.805. The molecule has 2 unspecified atom stereocenters. The van der Waals surface area contributed by atoms with Crippen LogP contribution in [0.3, 0.4) is 0 Å². The predicted octanol–water partition coefficient (Wildman–Crippen LogP) is 2.34. The van der Waals surface area contributed by atoms with Gasteiger partial charge >= 0.3 is 0 Å². The topological polar surface area (TPSA) is 21.3 Å². The molecule has 82 valence electrons. The Hall–Kier alpha value is -0.0800. The lowest BCUT2D eigenvalue weighted by molar-refractivity contribution is 0.0371. The highest BCUT2D eigenvalue weighted by atomic mass is 16.5. The molecule has 2 aliphatic heterocycles. The number of hydrogen-bond donors (Lipinski definition) is 1. The fourth-order valence-corrected chi connectivity index (χ4v) is 2.90. The average Bonchev–Trinajstić information content (AvgIpc) is 2.19. The molecule has 14 heavy (non-hydrogen) atoms. The van der Waals surface area contributed by atoms with Gasteiger partial charge in [0.05, 0.1) is 0 Å². The molecule has 0 aromatic heterocycles. The number of ether oxygens (including phenoxy) is 1. The van der Waals surface area contributed by atoms with Crippen LogP contribution in [0.25, 0.3) is 0 Å². The van der Waals surface area contributed by atoms with Crippen LogP contribution in [0.15, 0.2) is 0 Å². The molecule has 0 amide bonds. The lowest BCUT2D eigenvalue weighted by atomic mass is 9.81. The van der Waals surface area contributed by atoms with Crippen LogP contribution >= 0.6 is 0 Å². The molecular weight excluding hydrogens is 174 g/mol. The third-order valence-corrected chi connectivity index (χ3v) is 3.70. The van der Waals surface area contributed by atoms with Gasteiger partial charge in [0.1, 0.15) is 0 Å². The Balaban J connectivity index is 1.81. The molecule has 0 aromatic rings. The Morgan fingerprint density at radius 3 is 2.93 bits per heavy atom. The highest BCUT2D eigenvalue weighted by molar-refractivity contribution is 4.88. The molecule has 2 saturated heterocycles. The second kappa shape index (κ2) is 4.63. The Labute approximate surface area is 87.4 Å². The molecule has 2 heteroatoms. The fraction of sp³-hybridized carbons (Fsp3) is 1.00. The van der Waals surface area contributed by atoms with Crippen LogP contribution in [0, 0.1) is 5.92 Å². The Morgan fingerprint density at radius 2 is 2.29 bits per heavy atom. The van der Waals surface area contributed by atoms with E-state index < -0.39 is 0 Å². The summed E-state index contributed by atoms with van der Waals surface area (Å²) in [4.78, 5) is 0. The van der Waals surface area contributed by atoms with Crippen molar-refractivity contribution in [1.29, 1.82) is 0 Å². The summed E-state index contributed by atoms with van der Waals surface area (Å²) >= 11 is 0. The number of piperidine rings is 1. The maximum absolute atomic E-state index is 5.54. The summed E-state index contributed by atoms with van der Waals surface area (Å²) in [5, 5.41) is 3.69. The molecule has 0 bridgehead atoms. The van der Waals surface area contributed by atoms with Crippen LogP contribution in [-0.2, 0) is 4.74 Å². The largest absolute Gasteiger partial charge is 0.381 e. The predicted molar refractivity (Wildman–Crippen MR) is 58.4 cm³/mol. The van der Waals surface area contributed by atoms with E-state index in [1.165, 1.54) is 45.1 Å². The van der Waals surface area contributed by atoms with E-state index in [0.29, 0.717) is 5.54 Å². The van der Waals surface area contributed by atoms with Gasteiger partial charge in [0, 0.05) is 18.8 Å². The molecule has 0 saturated carbocycles. The molecule has 0 radical (unpaired) electrons. The maximum Gasteiger partial charge on any atom is 0.0494 e. The van der Waals surface area contributed by atoms with Crippen LogP contribution < -0.4 is 5.32 Å². The van der Waals surface area contributed by atoms with Crippen LogP contribution in [0.4, 0.5) is 0 Å². The molecule has 2 heterocycles. The SMILES string of the molecule is CC1(CC2CCCOC2)CCCCN1. The molecule has 1 N–H and O–H groups in total. The van der Waals surface area contributed by atoms with Gasteiger partial charge in [0.15, 0.2) is 0 Å². The van der Waals surface area contributed by atoms with E-state index in [-0.39, 0.29) is 0 Å². The van der Waals surface area contributed by atoms with Gasteiger partial charge in [-0.05, 0) is 51.5 Å². The van der Waals surface area contributed by atoms with Gasteiger partial charge in [-0.3, -0.25) is 0 Å². The number of rotatable bonds is 2. The monoisotopic (exact) mass is 197 g/mol. The van der Waals surface area contributed by atoms with Gasteiger partial charge < -0.3 is 10.1 Å². The van der Waals surface area contributed by atoms with Crippen molar-refractivity contribution in [3.05, 3.63) is 0 Å². The van der Waals surface area contributed by atoms with E-state index in [0.717, 1.165) is 19.1 Å². The lowest BCUT2D eigenvalue weighted by Gasteiger charge is -2.38. The summed E-state index contributed by atoms with van der Waals surface area (Å²) in [6.07, 6.45) is 8.06. The van der Waals surface area contributed by atoms with Crippen LogP contribution in [0.1, 0.15) is 45.4 Å². The van der Waals surface area contributed by atoms with E-state index in [2.05, 4.69) is 12.2 Å². The minimum atomic E-state index is 0.406. The van der Waals surface area contributed by atoms with Crippen LogP contribution in [0.2, 0.25) is 0 Å². The zero-order valence-corrected chi connectivity index (χ0v) is 9.35. The normalized spacial score (nSPS) is 39.6. The molecule has 2 rings (SSSR count). The van der Waals surface area contributed by atoms with Crippen molar-refractivity contribution in [1.82, 2.24) is 5.32 Å². The van der Waals surface area contributed by atoms with Crippen molar-refractivity contribution in [2.45, 2.75) is 51.0 Å². The van der Waals surface area contributed by atoms with Gasteiger partial charge in [0.2, 0.25) is 0 Å². The first-order chi connectivity index (χ1) is 6.79. The fourth-order valence-electron chi connectivity index (χ4n) is 2.90. The first-order valence-electron chi connectivity index (χ1n) is 6.11. The molecule has 0 aliphatic carbocycles. The average molecular weight is 197 g/mol. The van der Waals surface area contributed by atoms with E-state index in [4.69, 9.17) is 4.74 Å². The third kappa shape index (κ3) is 2.71. The maximum atomic E-state index is 5.54. The molecule has 2 aliphatic rings. The van der Waals surface area contributed by atoms with Crippen molar-refractivity contribution < 1.29 is 4.74 Å². The van der Waals surface area contributed by atoms with E-state index in [1.54, 1.807) is 0 Å². The van der Waals surface area contributed by atoms with E-state index in [1.807, 2.05) is 0 Å². The summed E-state index contributed by atoms with van der Waals surface area (Å²) in [5.41, 5.74) is 0.406. The summed E-state index contributed by atoms with van der Waals surface area (Å²) in [7, 11) is 0. The van der Waals surface area contributed by atoms with Gasteiger partial charge in [-0.25, -0.2) is 0 Å². The molecule has 2 fully saturated rings. The molecule has 2 nitrogen and oxygen atoms in total. The Kier molecular flexibility index (Phi) is 3.45. The quantitative estimate of drug-likeness (QED) is 0.733. The molecular formula is C12H23NO. The van der Waals surface area contributed by atoms with Gasteiger partial charge in [-0.1, -0.05) is 6.42 Å². The van der Waals surface area contributed by atoms with Crippen LogP contribution in [-0.4, -0.2) is 25.3 Å². The Morgan fingerprint density at radius 1 is 1.36 bits per heavy atom. The van der Waals surface area contributed by atoms with Gasteiger partial charge in [-0.15, -0.1) is 0 Å². The first kappa shape index (κ1) is 10.4. The highest BCUT2D eigenvalue weighted by Gasteiger charge is 2.30. The van der Waals surface area contributed by atoms with E-state index in [9.17, 15) is 0 Å². The van der Waals surface area contributed by atoms with Crippen molar-refractivity contribution in [2.24, 2.45) is 5.92 Å². The first-order valence-corrected chi connectivity index (χ1v) is 6.11. The minimum Gasteiger partial charge on any atom is -0.381 e. The number of hydrogen-bond acceptors (Lipinski definition) is 2. The highest BCUT2D eigenvalue weighted by Crippen LogP contribution is 2.29. The number of nitrogens with one attached hydrogen (secondary N) is 1. The molecule has 2 atom stereocenters. The third-order valence-electron chi connectivity index (χ3n) is 3.70. The second-order valence-electron chi connectivity index (χ2n) is 5.23. The zero-order valence-electron chi connectivity index (χ0n) is 9.35. The van der Waals surface area contributed by atoms with Crippen molar-refractivity contribution >= 4 is 0 Å². The van der Waals surface area contributed by atoms with Crippen molar-refractivity contribution in [2.75, 3.05) is 19.8 Å². The standard InChI is InChI=1S/C12H23NO/c1-12(6-2-3-7-13-12)9-11-5-4-8-14-10-11/h11,13H,2-10H2,1H3. The summed E-state index contributed by atoms with van der Waals surface area (Å²) in [6, 6.07) is 0. The smallest absolute Gasteiger partial charge is 0.0494 e. The van der Waals surface area contributed by atoms with Gasteiger partial charge in [0.25, 0.3) is 0 Å². The zero-order chi connectivity index (χ0) is 9.86.